The largest absolute Gasteiger partial charge is 0.341 e. The molecule has 1 saturated carbocycles. The van der Waals surface area contributed by atoms with Crippen LogP contribution in [-0.2, 0) is 4.79 Å². The lowest BCUT2D eigenvalue weighted by Gasteiger charge is -2.37. The molecule has 0 aromatic heterocycles. The van der Waals surface area contributed by atoms with Gasteiger partial charge in [0.2, 0.25) is 5.91 Å². The van der Waals surface area contributed by atoms with Crippen molar-refractivity contribution < 1.29 is 9.59 Å². The van der Waals surface area contributed by atoms with Crippen molar-refractivity contribution in [3.05, 3.63) is 0 Å². The van der Waals surface area contributed by atoms with Crippen molar-refractivity contribution in [3.63, 3.8) is 0 Å². The smallest absolute Gasteiger partial charge is 0.317 e. The highest BCUT2D eigenvalue weighted by Crippen LogP contribution is 2.28. The molecule has 1 aliphatic carbocycles. The quantitative estimate of drug-likeness (QED) is 0.846. The second-order valence-electron chi connectivity index (χ2n) is 7.46. The molecule has 130 valence electrons. The third-order valence-corrected chi connectivity index (χ3v) is 5.81. The van der Waals surface area contributed by atoms with E-state index in [-0.39, 0.29) is 12.1 Å². The van der Waals surface area contributed by atoms with E-state index in [9.17, 15) is 9.59 Å². The summed E-state index contributed by atoms with van der Waals surface area (Å²) in [5, 5.41) is 2.87. The van der Waals surface area contributed by atoms with Crippen molar-refractivity contribution in [2.24, 2.45) is 5.92 Å². The van der Waals surface area contributed by atoms with Crippen molar-refractivity contribution in [2.75, 3.05) is 26.2 Å². The molecule has 5 nitrogen and oxygen atoms in total. The molecule has 3 fully saturated rings. The minimum atomic E-state index is 0.0431. The summed E-state index contributed by atoms with van der Waals surface area (Å²) in [6.45, 7) is 3.13. The maximum atomic E-state index is 12.5. The highest BCUT2D eigenvalue weighted by molar-refractivity contribution is 5.78. The maximum Gasteiger partial charge on any atom is 0.317 e. The van der Waals surface area contributed by atoms with Gasteiger partial charge in [-0.1, -0.05) is 32.1 Å². The molecule has 2 saturated heterocycles. The molecule has 5 heteroatoms. The average molecular weight is 321 g/mol. The standard InChI is InChI=1S/C18H31N3O2/c22-17(10-4-8-15-6-2-1-3-7-15)20-12-5-9-16(14-20)21-13-11-19-18(21)23/h15-16H,1-14H2,(H,19,23). The zero-order valence-corrected chi connectivity index (χ0v) is 14.3. The molecule has 1 unspecified atom stereocenters. The number of carbonyl (C=O) groups is 2. The Morgan fingerprint density at radius 2 is 1.91 bits per heavy atom. The summed E-state index contributed by atoms with van der Waals surface area (Å²) in [5.74, 6) is 1.16. The Kier molecular flexibility index (Phi) is 5.79. The molecular weight excluding hydrogens is 290 g/mol. The van der Waals surface area contributed by atoms with Gasteiger partial charge in [0.25, 0.3) is 0 Å². The molecule has 3 rings (SSSR count). The van der Waals surface area contributed by atoms with Gasteiger partial charge in [-0.25, -0.2) is 4.79 Å². The van der Waals surface area contributed by atoms with Crippen molar-refractivity contribution >= 4 is 11.9 Å². The molecule has 1 atom stereocenters. The second-order valence-corrected chi connectivity index (χ2v) is 7.46. The van der Waals surface area contributed by atoms with Crippen LogP contribution in [0.15, 0.2) is 0 Å². The predicted octanol–water partition coefficient (Wildman–Crippen LogP) is 2.75. The lowest BCUT2D eigenvalue weighted by Crippen LogP contribution is -2.50. The molecular formula is C18H31N3O2. The summed E-state index contributed by atoms with van der Waals surface area (Å²) in [4.78, 5) is 28.2. The summed E-state index contributed by atoms with van der Waals surface area (Å²) < 4.78 is 0. The van der Waals surface area contributed by atoms with Crippen LogP contribution in [0.2, 0.25) is 0 Å². The van der Waals surface area contributed by atoms with E-state index in [1.165, 1.54) is 38.5 Å². The van der Waals surface area contributed by atoms with E-state index in [0.717, 1.165) is 51.4 Å². The van der Waals surface area contributed by atoms with Crippen LogP contribution in [-0.4, -0.2) is 54.0 Å². The number of piperidine rings is 1. The molecule has 0 aromatic carbocycles. The van der Waals surface area contributed by atoms with Gasteiger partial charge in [0, 0.05) is 32.6 Å². The molecule has 0 radical (unpaired) electrons. The normalized spacial score (nSPS) is 26.4. The topological polar surface area (TPSA) is 52.7 Å². The summed E-state index contributed by atoms with van der Waals surface area (Å²) in [6.07, 6.45) is 11.9. The molecule has 0 aromatic rings. The van der Waals surface area contributed by atoms with E-state index in [1.54, 1.807) is 0 Å². The minimum Gasteiger partial charge on any atom is -0.341 e. The van der Waals surface area contributed by atoms with Crippen molar-refractivity contribution in [3.8, 4) is 0 Å². The molecule has 3 amide bonds. The molecule has 0 bridgehead atoms. The SMILES string of the molecule is O=C(CCCC1CCCCC1)N1CCCC(N2CCNC2=O)C1. The Morgan fingerprint density at radius 3 is 2.65 bits per heavy atom. The zero-order chi connectivity index (χ0) is 16.1. The zero-order valence-electron chi connectivity index (χ0n) is 14.3. The molecule has 3 aliphatic rings. The Labute approximate surface area is 139 Å². The van der Waals surface area contributed by atoms with Crippen LogP contribution in [0.1, 0.15) is 64.2 Å². The van der Waals surface area contributed by atoms with Crippen LogP contribution in [0.25, 0.3) is 0 Å². The number of nitrogens with zero attached hydrogens (tertiary/aromatic N) is 2. The van der Waals surface area contributed by atoms with Crippen molar-refractivity contribution in [1.82, 2.24) is 15.1 Å². The lowest BCUT2D eigenvalue weighted by atomic mass is 9.86. The van der Waals surface area contributed by atoms with Gasteiger partial charge in [0.05, 0.1) is 6.04 Å². The lowest BCUT2D eigenvalue weighted by molar-refractivity contribution is -0.133. The van der Waals surface area contributed by atoms with Crippen LogP contribution >= 0.6 is 0 Å². The third kappa shape index (κ3) is 4.39. The van der Waals surface area contributed by atoms with Gasteiger partial charge >= 0.3 is 6.03 Å². The highest BCUT2D eigenvalue weighted by atomic mass is 16.2. The molecule has 0 spiro atoms. The number of amides is 3. The fourth-order valence-corrected chi connectivity index (χ4v) is 4.45. The van der Waals surface area contributed by atoms with Crippen LogP contribution in [0.5, 0.6) is 0 Å². The van der Waals surface area contributed by atoms with Gasteiger partial charge in [0.1, 0.15) is 0 Å². The number of hydrogen-bond donors (Lipinski definition) is 1. The van der Waals surface area contributed by atoms with E-state index in [2.05, 4.69) is 5.32 Å². The summed E-state index contributed by atoms with van der Waals surface area (Å²) in [6, 6.07) is 0.259. The minimum absolute atomic E-state index is 0.0431. The maximum absolute atomic E-state index is 12.5. The van der Waals surface area contributed by atoms with Gasteiger partial charge in [-0.15, -0.1) is 0 Å². The Morgan fingerprint density at radius 1 is 1.09 bits per heavy atom. The Balaban J connectivity index is 1.40. The molecule has 23 heavy (non-hydrogen) atoms. The number of carbonyl (C=O) groups excluding carboxylic acids is 2. The van der Waals surface area contributed by atoms with E-state index in [1.807, 2.05) is 9.80 Å². The van der Waals surface area contributed by atoms with Gasteiger partial charge in [0.15, 0.2) is 0 Å². The van der Waals surface area contributed by atoms with Crippen molar-refractivity contribution in [1.29, 1.82) is 0 Å². The highest BCUT2D eigenvalue weighted by Gasteiger charge is 2.32. The first-order valence-corrected chi connectivity index (χ1v) is 9.56. The monoisotopic (exact) mass is 321 g/mol. The first-order chi connectivity index (χ1) is 11.2. The van der Waals surface area contributed by atoms with E-state index in [0.29, 0.717) is 12.3 Å². The summed E-state index contributed by atoms with van der Waals surface area (Å²) in [5.41, 5.74) is 0. The first-order valence-electron chi connectivity index (χ1n) is 9.56. The Hall–Kier alpha value is -1.26. The van der Waals surface area contributed by atoms with E-state index < -0.39 is 0 Å². The Bertz CT molecular complexity index is 420. The summed E-state index contributed by atoms with van der Waals surface area (Å²) in [7, 11) is 0. The second kappa shape index (κ2) is 8.02. The van der Waals surface area contributed by atoms with Gasteiger partial charge in [-0.3, -0.25) is 4.79 Å². The van der Waals surface area contributed by atoms with Crippen LogP contribution < -0.4 is 5.32 Å². The fraction of sp³-hybridized carbons (Fsp3) is 0.889. The van der Waals surface area contributed by atoms with E-state index >= 15 is 0 Å². The van der Waals surface area contributed by atoms with Gasteiger partial charge < -0.3 is 15.1 Å². The van der Waals surface area contributed by atoms with Crippen LogP contribution in [0.3, 0.4) is 0 Å². The van der Waals surface area contributed by atoms with Crippen LogP contribution in [0, 0.1) is 5.92 Å². The molecule has 1 N–H and O–H groups in total. The number of hydrogen-bond acceptors (Lipinski definition) is 2. The molecule has 2 heterocycles. The number of urea groups is 1. The van der Waals surface area contributed by atoms with Crippen LogP contribution in [0.4, 0.5) is 4.79 Å². The van der Waals surface area contributed by atoms with E-state index in [4.69, 9.17) is 0 Å². The van der Waals surface area contributed by atoms with Gasteiger partial charge in [-0.2, -0.15) is 0 Å². The average Bonchev–Trinajstić information content (AvgIpc) is 3.02. The summed E-state index contributed by atoms with van der Waals surface area (Å²) >= 11 is 0. The number of nitrogens with one attached hydrogen (secondary N) is 1. The predicted molar refractivity (Wildman–Crippen MR) is 90.1 cm³/mol. The molecule has 2 aliphatic heterocycles. The fourth-order valence-electron chi connectivity index (χ4n) is 4.45. The van der Waals surface area contributed by atoms with Gasteiger partial charge in [-0.05, 0) is 31.6 Å². The third-order valence-electron chi connectivity index (χ3n) is 5.81. The van der Waals surface area contributed by atoms with Crippen molar-refractivity contribution in [2.45, 2.75) is 70.3 Å². The first kappa shape index (κ1) is 16.6. The number of likely N-dealkylation sites (tertiary alicyclic amines) is 1. The number of rotatable bonds is 5.